The van der Waals surface area contributed by atoms with Crippen molar-refractivity contribution >= 4 is 23.5 Å². The van der Waals surface area contributed by atoms with Crippen LogP contribution in [-0.4, -0.2) is 64.9 Å². The molecule has 2 aliphatic heterocycles. The molecular weight excluding hydrogens is 334 g/mol. The van der Waals surface area contributed by atoms with Crippen LogP contribution >= 0.6 is 0 Å². The first-order valence-electron chi connectivity index (χ1n) is 9.15. The third kappa shape index (κ3) is 4.40. The van der Waals surface area contributed by atoms with Crippen LogP contribution < -0.4 is 5.32 Å². The molecule has 0 spiro atoms. The van der Waals surface area contributed by atoms with Crippen molar-refractivity contribution in [2.45, 2.75) is 31.7 Å². The molecule has 0 bridgehead atoms. The lowest BCUT2D eigenvalue weighted by atomic mass is 9.95. The fraction of sp³-hybridized carbons (Fsp3) is 0.526. The minimum Gasteiger partial charge on any atom is -0.480 e. The van der Waals surface area contributed by atoms with Gasteiger partial charge in [0.1, 0.15) is 6.04 Å². The van der Waals surface area contributed by atoms with Gasteiger partial charge in [-0.1, -0.05) is 18.2 Å². The van der Waals surface area contributed by atoms with E-state index < -0.39 is 12.0 Å². The van der Waals surface area contributed by atoms with E-state index in [0.29, 0.717) is 38.9 Å². The molecule has 7 heteroatoms. The quantitative estimate of drug-likeness (QED) is 0.830. The van der Waals surface area contributed by atoms with Gasteiger partial charge < -0.3 is 15.3 Å². The molecule has 2 heterocycles. The van der Waals surface area contributed by atoms with E-state index in [-0.39, 0.29) is 24.3 Å². The van der Waals surface area contributed by atoms with Crippen molar-refractivity contribution in [1.29, 1.82) is 0 Å². The molecule has 0 aliphatic carbocycles. The van der Waals surface area contributed by atoms with Crippen LogP contribution in [0.5, 0.6) is 0 Å². The van der Waals surface area contributed by atoms with Gasteiger partial charge in [0.15, 0.2) is 0 Å². The summed E-state index contributed by atoms with van der Waals surface area (Å²) in [4.78, 5) is 39.6. The first-order chi connectivity index (χ1) is 12.5. The van der Waals surface area contributed by atoms with Crippen molar-refractivity contribution in [2.24, 2.45) is 5.92 Å². The highest BCUT2D eigenvalue weighted by Gasteiger charge is 2.34. The van der Waals surface area contributed by atoms with Crippen LogP contribution in [0.25, 0.3) is 0 Å². The molecule has 1 atom stereocenters. The number of rotatable bonds is 5. The summed E-state index contributed by atoms with van der Waals surface area (Å²) in [6, 6.07) is 8.80. The zero-order valence-corrected chi connectivity index (χ0v) is 14.8. The average Bonchev–Trinajstić information content (AvgIpc) is 3.11. The smallest absolute Gasteiger partial charge is 0.320 e. The summed E-state index contributed by atoms with van der Waals surface area (Å²) in [5, 5.41) is 12.1. The van der Waals surface area contributed by atoms with Crippen molar-refractivity contribution in [3.63, 3.8) is 0 Å². The SMILES string of the molecule is O=C(Nc1ccccc1)C1CCN(C(=O)CN2CCCC2C(=O)O)CC1. The number of likely N-dealkylation sites (tertiary alicyclic amines) is 2. The van der Waals surface area contributed by atoms with Crippen LogP contribution in [0.15, 0.2) is 30.3 Å². The van der Waals surface area contributed by atoms with Gasteiger partial charge in [0, 0.05) is 24.7 Å². The summed E-state index contributed by atoms with van der Waals surface area (Å²) in [7, 11) is 0. The summed E-state index contributed by atoms with van der Waals surface area (Å²) >= 11 is 0. The molecular formula is C19H25N3O4. The standard InChI is InChI=1S/C19H25N3O4/c23-17(13-22-10-4-7-16(22)19(25)26)21-11-8-14(9-12-21)18(24)20-15-5-2-1-3-6-15/h1-3,5-6,14,16H,4,7-13H2,(H,20,24)(H,25,26). The van der Waals surface area contributed by atoms with Gasteiger partial charge in [0.25, 0.3) is 0 Å². The van der Waals surface area contributed by atoms with Crippen LogP contribution in [0.3, 0.4) is 0 Å². The molecule has 0 saturated carbocycles. The van der Waals surface area contributed by atoms with Crippen LogP contribution in [-0.2, 0) is 14.4 Å². The Balaban J connectivity index is 1.46. The van der Waals surface area contributed by atoms with Gasteiger partial charge >= 0.3 is 5.97 Å². The molecule has 3 rings (SSSR count). The van der Waals surface area contributed by atoms with Gasteiger partial charge in [-0.15, -0.1) is 0 Å². The van der Waals surface area contributed by atoms with Gasteiger partial charge in [0.2, 0.25) is 11.8 Å². The number of carboxylic acid groups (broad SMARTS) is 1. The molecule has 7 nitrogen and oxygen atoms in total. The van der Waals surface area contributed by atoms with E-state index in [4.69, 9.17) is 0 Å². The van der Waals surface area contributed by atoms with E-state index in [1.165, 1.54) is 0 Å². The molecule has 1 aromatic carbocycles. The maximum Gasteiger partial charge on any atom is 0.320 e. The average molecular weight is 359 g/mol. The van der Waals surface area contributed by atoms with E-state index in [9.17, 15) is 19.5 Å². The highest BCUT2D eigenvalue weighted by molar-refractivity contribution is 5.92. The number of benzene rings is 1. The van der Waals surface area contributed by atoms with Crippen LogP contribution in [0.2, 0.25) is 0 Å². The maximum atomic E-state index is 12.5. The van der Waals surface area contributed by atoms with E-state index in [2.05, 4.69) is 5.32 Å². The Morgan fingerprint density at radius 3 is 2.38 bits per heavy atom. The zero-order valence-electron chi connectivity index (χ0n) is 14.8. The number of carboxylic acids is 1. The fourth-order valence-corrected chi connectivity index (χ4v) is 3.73. The Morgan fingerprint density at radius 1 is 1.04 bits per heavy atom. The van der Waals surface area contributed by atoms with Crippen molar-refractivity contribution < 1.29 is 19.5 Å². The van der Waals surface area contributed by atoms with E-state index in [1.807, 2.05) is 30.3 Å². The predicted octanol–water partition coefficient (Wildman–Crippen LogP) is 1.41. The minimum atomic E-state index is -0.855. The van der Waals surface area contributed by atoms with Gasteiger partial charge in [-0.2, -0.15) is 0 Å². The Bertz CT molecular complexity index is 656. The second-order valence-corrected chi connectivity index (χ2v) is 6.98. The van der Waals surface area contributed by atoms with E-state index in [1.54, 1.807) is 9.80 Å². The van der Waals surface area contributed by atoms with Crippen LogP contribution in [0.1, 0.15) is 25.7 Å². The monoisotopic (exact) mass is 359 g/mol. The molecule has 26 heavy (non-hydrogen) atoms. The summed E-state index contributed by atoms with van der Waals surface area (Å²) in [6.45, 7) is 1.88. The van der Waals surface area contributed by atoms with Gasteiger partial charge in [0.05, 0.1) is 6.54 Å². The number of nitrogens with one attached hydrogen (secondary N) is 1. The number of carbonyl (C=O) groups is 3. The molecule has 1 aromatic rings. The number of amides is 2. The van der Waals surface area contributed by atoms with Crippen LogP contribution in [0.4, 0.5) is 5.69 Å². The molecule has 1 unspecified atom stereocenters. The number of anilines is 1. The largest absolute Gasteiger partial charge is 0.480 e. The summed E-state index contributed by atoms with van der Waals surface area (Å²) in [5.41, 5.74) is 0.782. The zero-order chi connectivity index (χ0) is 18.5. The number of aliphatic carboxylic acids is 1. The van der Waals surface area contributed by atoms with Gasteiger partial charge in [-0.3, -0.25) is 19.3 Å². The third-order valence-electron chi connectivity index (χ3n) is 5.25. The number of hydrogen-bond donors (Lipinski definition) is 2. The second kappa shape index (κ2) is 8.31. The molecule has 2 amide bonds. The number of piperidine rings is 1. The van der Waals surface area contributed by atoms with Crippen molar-refractivity contribution in [2.75, 3.05) is 31.5 Å². The lowest BCUT2D eigenvalue weighted by molar-refractivity contribution is -0.144. The summed E-state index contributed by atoms with van der Waals surface area (Å²) in [5.74, 6) is -1.00. The Hall–Kier alpha value is -2.41. The van der Waals surface area contributed by atoms with Crippen molar-refractivity contribution in [1.82, 2.24) is 9.80 Å². The maximum absolute atomic E-state index is 12.5. The number of carbonyl (C=O) groups excluding carboxylic acids is 2. The molecule has 2 fully saturated rings. The van der Waals surface area contributed by atoms with Crippen LogP contribution in [0, 0.1) is 5.92 Å². The Kier molecular flexibility index (Phi) is 5.88. The summed E-state index contributed by atoms with van der Waals surface area (Å²) in [6.07, 6.45) is 2.68. The minimum absolute atomic E-state index is 0.00576. The molecule has 2 N–H and O–H groups in total. The number of hydrogen-bond acceptors (Lipinski definition) is 4. The van der Waals surface area contributed by atoms with E-state index in [0.717, 1.165) is 12.1 Å². The normalized spacial score (nSPS) is 21.5. The topological polar surface area (TPSA) is 90.0 Å². The first kappa shape index (κ1) is 18.4. The Morgan fingerprint density at radius 2 is 1.73 bits per heavy atom. The Labute approximate surface area is 153 Å². The first-order valence-corrected chi connectivity index (χ1v) is 9.15. The molecule has 2 aliphatic rings. The molecule has 0 aromatic heterocycles. The van der Waals surface area contributed by atoms with Crippen molar-refractivity contribution in [3.05, 3.63) is 30.3 Å². The highest BCUT2D eigenvalue weighted by Crippen LogP contribution is 2.21. The highest BCUT2D eigenvalue weighted by atomic mass is 16.4. The van der Waals surface area contributed by atoms with Crippen molar-refractivity contribution in [3.8, 4) is 0 Å². The molecule has 2 saturated heterocycles. The number of nitrogens with zero attached hydrogens (tertiary/aromatic N) is 2. The lowest BCUT2D eigenvalue weighted by Crippen LogP contribution is -2.47. The fourth-order valence-electron chi connectivity index (χ4n) is 3.73. The lowest BCUT2D eigenvalue weighted by Gasteiger charge is -2.33. The third-order valence-corrected chi connectivity index (χ3v) is 5.25. The second-order valence-electron chi connectivity index (χ2n) is 6.98. The summed E-state index contributed by atoms with van der Waals surface area (Å²) < 4.78 is 0. The molecule has 140 valence electrons. The van der Waals surface area contributed by atoms with E-state index >= 15 is 0 Å². The number of para-hydroxylation sites is 1. The predicted molar refractivity (Wildman–Crippen MR) is 96.6 cm³/mol. The van der Waals surface area contributed by atoms with Gasteiger partial charge in [-0.25, -0.2) is 0 Å². The van der Waals surface area contributed by atoms with Gasteiger partial charge in [-0.05, 0) is 44.4 Å². The molecule has 0 radical (unpaired) electrons.